The van der Waals surface area contributed by atoms with Crippen LogP contribution >= 0.6 is 11.6 Å². The van der Waals surface area contributed by atoms with Crippen molar-refractivity contribution in [2.45, 2.75) is 38.4 Å². The highest BCUT2D eigenvalue weighted by atomic mass is 35.5. The second-order valence-corrected chi connectivity index (χ2v) is 7.92. The maximum Gasteiger partial charge on any atom is 0.391 e. The van der Waals surface area contributed by atoms with E-state index in [1.807, 2.05) is 0 Å². The van der Waals surface area contributed by atoms with Crippen LogP contribution in [0.15, 0.2) is 29.2 Å². The van der Waals surface area contributed by atoms with Crippen molar-refractivity contribution in [1.82, 2.24) is 19.9 Å². The van der Waals surface area contributed by atoms with Gasteiger partial charge < -0.3 is 15.4 Å². The third-order valence-corrected chi connectivity index (χ3v) is 5.04. The molecule has 0 saturated heterocycles. The van der Waals surface area contributed by atoms with Crippen LogP contribution in [-0.2, 0) is 0 Å². The lowest BCUT2D eigenvalue weighted by molar-refractivity contribution is -0.141. The van der Waals surface area contributed by atoms with Crippen molar-refractivity contribution < 1.29 is 27.5 Å². The molecule has 0 bridgehead atoms. The second-order valence-electron chi connectivity index (χ2n) is 7.51. The molecule has 2 heterocycles. The average molecular weight is 475 g/mol. The number of hydrogen-bond acceptors (Lipinski definition) is 4. The van der Waals surface area contributed by atoms with E-state index in [-0.39, 0.29) is 39.0 Å². The van der Waals surface area contributed by atoms with Gasteiger partial charge in [0, 0.05) is 17.3 Å². The summed E-state index contributed by atoms with van der Waals surface area (Å²) in [4.78, 5) is 28.1. The average Bonchev–Trinajstić information content (AvgIpc) is 3.09. The molecular formula is C20H19ClF4N4O3. The van der Waals surface area contributed by atoms with Crippen molar-refractivity contribution in [2.75, 3.05) is 6.61 Å². The molecule has 1 atom stereocenters. The summed E-state index contributed by atoms with van der Waals surface area (Å²) in [6.45, 7) is 2.49. The van der Waals surface area contributed by atoms with Gasteiger partial charge in [-0.05, 0) is 24.1 Å². The largest absolute Gasteiger partial charge is 0.394 e. The number of aromatic nitrogens is 3. The van der Waals surface area contributed by atoms with E-state index in [4.69, 9.17) is 11.6 Å². The van der Waals surface area contributed by atoms with Crippen LogP contribution < -0.4 is 10.9 Å². The molecule has 0 spiro atoms. The number of amides is 1. The van der Waals surface area contributed by atoms with Gasteiger partial charge in [-0.1, -0.05) is 25.4 Å². The van der Waals surface area contributed by atoms with Gasteiger partial charge >= 0.3 is 6.18 Å². The number of halogens is 5. The SMILES string of the molecule is CC(C)c1c(C(=O)NC(CO)CC(F)(F)F)cn2nc(-c3ccc(Cl)c(F)c3)[nH]c(=O)c12. The molecule has 7 nitrogen and oxygen atoms in total. The predicted molar refractivity (Wildman–Crippen MR) is 109 cm³/mol. The highest BCUT2D eigenvalue weighted by molar-refractivity contribution is 6.30. The number of fused-ring (bicyclic) bond motifs is 1. The number of alkyl halides is 3. The van der Waals surface area contributed by atoms with Gasteiger partial charge in [0.05, 0.1) is 29.7 Å². The number of aromatic amines is 1. The fourth-order valence-electron chi connectivity index (χ4n) is 3.35. The standard InChI is InChI=1S/C20H19ClF4N4O3/c1-9(2)15-12(18(31)26-11(8-30)6-20(23,24)25)7-29-16(15)19(32)27-17(28-29)10-3-4-13(21)14(22)5-10/h3-5,7,9,11,30H,6,8H2,1-2H3,(H,26,31)(H,27,28,32). The third-order valence-electron chi connectivity index (χ3n) is 4.73. The van der Waals surface area contributed by atoms with Crippen LogP contribution in [0.1, 0.15) is 42.1 Å². The van der Waals surface area contributed by atoms with Gasteiger partial charge in [0.15, 0.2) is 5.82 Å². The quantitative estimate of drug-likeness (QED) is 0.475. The molecule has 172 valence electrons. The van der Waals surface area contributed by atoms with Crippen LogP contribution in [0.4, 0.5) is 17.6 Å². The minimum Gasteiger partial charge on any atom is -0.394 e. The highest BCUT2D eigenvalue weighted by Gasteiger charge is 2.33. The summed E-state index contributed by atoms with van der Waals surface area (Å²) in [5.74, 6) is -1.97. The Labute approximate surface area is 184 Å². The van der Waals surface area contributed by atoms with Gasteiger partial charge in [0.1, 0.15) is 11.3 Å². The Bertz CT molecular complexity index is 1220. The number of H-pyrrole nitrogens is 1. The number of hydrogen-bond donors (Lipinski definition) is 3. The van der Waals surface area contributed by atoms with Gasteiger partial charge in [-0.15, -0.1) is 5.10 Å². The van der Waals surface area contributed by atoms with Gasteiger partial charge in [-0.3, -0.25) is 9.59 Å². The summed E-state index contributed by atoms with van der Waals surface area (Å²) in [6.07, 6.45) is -4.79. The molecular weight excluding hydrogens is 456 g/mol. The van der Waals surface area contributed by atoms with Crippen LogP contribution in [0.2, 0.25) is 5.02 Å². The summed E-state index contributed by atoms with van der Waals surface area (Å²) < 4.78 is 53.0. The van der Waals surface area contributed by atoms with E-state index >= 15 is 0 Å². The van der Waals surface area contributed by atoms with E-state index in [1.165, 1.54) is 18.3 Å². The molecule has 1 unspecified atom stereocenters. The van der Waals surface area contributed by atoms with Gasteiger partial charge in [0.2, 0.25) is 0 Å². The van der Waals surface area contributed by atoms with Crippen molar-refractivity contribution in [2.24, 2.45) is 0 Å². The number of aliphatic hydroxyl groups is 1. The van der Waals surface area contributed by atoms with Crippen LogP contribution in [0.3, 0.4) is 0 Å². The Morgan fingerprint density at radius 1 is 1.34 bits per heavy atom. The number of nitrogens with zero attached hydrogens (tertiary/aromatic N) is 2. The molecule has 1 amide bonds. The third kappa shape index (κ3) is 4.94. The van der Waals surface area contributed by atoms with E-state index in [2.05, 4.69) is 15.4 Å². The molecule has 0 aliphatic carbocycles. The Kier molecular flexibility index (Phi) is 6.61. The second kappa shape index (κ2) is 8.91. The van der Waals surface area contributed by atoms with E-state index < -0.39 is 42.5 Å². The van der Waals surface area contributed by atoms with Crippen molar-refractivity contribution >= 4 is 23.0 Å². The first-order valence-corrected chi connectivity index (χ1v) is 9.88. The van der Waals surface area contributed by atoms with Crippen LogP contribution in [0, 0.1) is 5.82 Å². The Morgan fingerprint density at radius 2 is 2.03 bits per heavy atom. The maximum absolute atomic E-state index is 13.8. The molecule has 0 fully saturated rings. The molecule has 3 aromatic rings. The first-order chi connectivity index (χ1) is 14.9. The Hall–Kier alpha value is -2.92. The van der Waals surface area contributed by atoms with Gasteiger partial charge in [-0.25, -0.2) is 8.91 Å². The normalized spacial score (nSPS) is 13.0. The summed E-state index contributed by atoms with van der Waals surface area (Å²) in [7, 11) is 0. The lowest BCUT2D eigenvalue weighted by atomic mass is 9.99. The fraction of sp³-hybridized carbons (Fsp3) is 0.350. The van der Waals surface area contributed by atoms with E-state index in [0.717, 1.165) is 10.6 Å². The molecule has 0 saturated carbocycles. The van der Waals surface area contributed by atoms with E-state index in [1.54, 1.807) is 13.8 Å². The Morgan fingerprint density at radius 3 is 2.59 bits per heavy atom. The van der Waals surface area contributed by atoms with Gasteiger partial charge in [0.25, 0.3) is 11.5 Å². The summed E-state index contributed by atoms with van der Waals surface area (Å²) in [6, 6.07) is 2.26. The van der Waals surface area contributed by atoms with E-state index in [0.29, 0.717) is 0 Å². The number of benzene rings is 1. The fourth-order valence-corrected chi connectivity index (χ4v) is 3.47. The van der Waals surface area contributed by atoms with Crippen molar-refractivity contribution in [1.29, 1.82) is 0 Å². The first-order valence-electron chi connectivity index (χ1n) is 9.50. The number of carbonyl (C=O) groups is 1. The topological polar surface area (TPSA) is 99.5 Å². The summed E-state index contributed by atoms with van der Waals surface area (Å²) in [5, 5.41) is 15.5. The zero-order chi connectivity index (χ0) is 23.8. The minimum absolute atomic E-state index is 0.000590. The van der Waals surface area contributed by atoms with Gasteiger partial charge in [-0.2, -0.15) is 13.2 Å². The molecule has 2 aromatic heterocycles. The molecule has 0 radical (unpaired) electrons. The molecule has 32 heavy (non-hydrogen) atoms. The molecule has 1 aromatic carbocycles. The number of carbonyl (C=O) groups excluding carboxylic acids is 1. The molecule has 0 aliphatic heterocycles. The molecule has 0 aliphatic rings. The van der Waals surface area contributed by atoms with Crippen LogP contribution in [0.5, 0.6) is 0 Å². The monoisotopic (exact) mass is 474 g/mol. The maximum atomic E-state index is 13.8. The van der Waals surface area contributed by atoms with E-state index in [9.17, 15) is 32.3 Å². The smallest absolute Gasteiger partial charge is 0.391 e. The highest BCUT2D eigenvalue weighted by Crippen LogP contribution is 2.27. The van der Waals surface area contributed by atoms with Crippen molar-refractivity contribution in [3.8, 4) is 11.4 Å². The molecule has 3 rings (SSSR count). The van der Waals surface area contributed by atoms with Crippen molar-refractivity contribution in [3.05, 3.63) is 56.7 Å². The van der Waals surface area contributed by atoms with Crippen LogP contribution in [-0.4, -0.2) is 44.4 Å². The zero-order valence-electron chi connectivity index (χ0n) is 16.9. The lowest BCUT2D eigenvalue weighted by Crippen LogP contribution is -2.40. The zero-order valence-corrected chi connectivity index (χ0v) is 17.7. The number of nitrogens with one attached hydrogen (secondary N) is 2. The number of rotatable bonds is 6. The van der Waals surface area contributed by atoms with Crippen LogP contribution in [0.25, 0.3) is 16.9 Å². The Balaban J connectivity index is 2.08. The summed E-state index contributed by atoms with van der Waals surface area (Å²) in [5.41, 5.74) is -0.157. The summed E-state index contributed by atoms with van der Waals surface area (Å²) >= 11 is 5.68. The first kappa shape index (κ1) is 23.7. The predicted octanol–water partition coefficient (Wildman–Crippen LogP) is 3.65. The lowest BCUT2D eigenvalue weighted by Gasteiger charge is -2.18. The minimum atomic E-state index is -4.59. The molecule has 12 heteroatoms. The number of aliphatic hydroxyl groups excluding tert-OH is 1. The molecule has 3 N–H and O–H groups in total. The van der Waals surface area contributed by atoms with Crippen molar-refractivity contribution in [3.63, 3.8) is 0 Å².